The van der Waals surface area contributed by atoms with E-state index in [0.717, 1.165) is 20.5 Å². The molecule has 2 aromatic carbocycles. The number of hydrogen-bond donors (Lipinski definition) is 2. The van der Waals surface area contributed by atoms with E-state index in [1.165, 1.54) is 0 Å². The average Bonchev–Trinajstić information content (AvgIpc) is 2.48. The molecule has 1 aliphatic heterocycles. The van der Waals surface area contributed by atoms with Crippen molar-refractivity contribution in [3.63, 3.8) is 0 Å². The van der Waals surface area contributed by atoms with Crippen molar-refractivity contribution in [2.24, 2.45) is 0 Å². The molecule has 1 heterocycles. The summed E-state index contributed by atoms with van der Waals surface area (Å²) in [5.74, 6) is -0.0853. The molecule has 0 fully saturated rings. The molecule has 0 aliphatic carbocycles. The van der Waals surface area contributed by atoms with E-state index < -0.39 is 0 Å². The molecule has 0 bridgehead atoms. The molecule has 0 atom stereocenters. The number of halogens is 1. The second-order valence-corrected chi connectivity index (χ2v) is 6.02. The van der Waals surface area contributed by atoms with Crippen LogP contribution in [0.4, 0.5) is 11.4 Å². The Balaban J connectivity index is 1.81. The second-order valence-electron chi connectivity index (χ2n) is 4.85. The normalized spacial score (nSPS) is 13.3. The van der Waals surface area contributed by atoms with Gasteiger partial charge in [0.05, 0.1) is 5.56 Å². The summed E-state index contributed by atoms with van der Waals surface area (Å²) in [4.78, 5) is 23.6. The first-order valence-electron chi connectivity index (χ1n) is 6.62. The summed E-state index contributed by atoms with van der Waals surface area (Å²) in [6.07, 6.45) is 1.19. The van der Waals surface area contributed by atoms with E-state index in [-0.39, 0.29) is 11.8 Å². The molecule has 5 heteroatoms. The van der Waals surface area contributed by atoms with Gasteiger partial charge in [0, 0.05) is 21.4 Å². The molecule has 106 valence electrons. The lowest BCUT2D eigenvalue weighted by Gasteiger charge is -2.17. The largest absolute Gasteiger partial charge is 0.326 e. The van der Waals surface area contributed by atoms with Gasteiger partial charge in [0.2, 0.25) is 5.91 Å². The minimum absolute atomic E-state index is 0.0399. The molecule has 2 amide bonds. The fourth-order valence-electron chi connectivity index (χ4n) is 2.30. The number of anilines is 2. The van der Waals surface area contributed by atoms with Crippen LogP contribution in [0.15, 0.2) is 42.5 Å². The standard InChI is InChI=1S/C16H13IN2O2/c17-13-4-2-1-3-12(13)16(21)18-11-6-7-14-10(9-11)5-8-15(20)19-14/h1-4,6-7,9H,5,8H2,(H,18,21)(H,19,20). The number of hydrogen-bond acceptors (Lipinski definition) is 2. The molecule has 1 aliphatic rings. The van der Waals surface area contributed by atoms with Gasteiger partial charge in [0.1, 0.15) is 0 Å². The van der Waals surface area contributed by atoms with Gasteiger partial charge in [-0.1, -0.05) is 12.1 Å². The molecule has 21 heavy (non-hydrogen) atoms. The minimum atomic E-state index is -0.125. The van der Waals surface area contributed by atoms with Crippen LogP contribution in [0.25, 0.3) is 0 Å². The summed E-state index contributed by atoms with van der Waals surface area (Å²) in [6.45, 7) is 0. The maximum atomic E-state index is 12.3. The lowest BCUT2D eigenvalue weighted by molar-refractivity contribution is -0.116. The Morgan fingerprint density at radius 1 is 1.14 bits per heavy atom. The summed E-state index contributed by atoms with van der Waals surface area (Å²) in [5.41, 5.74) is 3.28. The first kappa shape index (κ1) is 14.1. The van der Waals surface area contributed by atoms with Crippen LogP contribution in [0.1, 0.15) is 22.3 Å². The minimum Gasteiger partial charge on any atom is -0.326 e. The molecular formula is C16H13IN2O2. The van der Waals surface area contributed by atoms with Crippen LogP contribution in [-0.2, 0) is 11.2 Å². The van der Waals surface area contributed by atoms with Crippen LogP contribution < -0.4 is 10.6 Å². The highest BCUT2D eigenvalue weighted by molar-refractivity contribution is 14.1. The quantitative estimate of drug-likeness (QED) is 0.770. The summed E-state index contributed by atoms with van der Waals surface area (Å²) < 4.78 is 0.915. The highest BCUT2D eigenvalue weighted by Crippen LogP contribution is 2.26. The summed E-state index contributed by atoms with van der Waals surface area (Å²) in [5, 5.41) is 5.73. The third-order valence-corrected chi connectivity index (χ3v) is 4.32. The van der Waals surface area contributed by atoms with Crippen molar-refractivity contribution in [3.8, 4) is 0 Å². The van der Waals surface area contributed by atoms with Crippen molar-refractivity contribution in [1.82, 2.24) is 0 Å². The molecule has 0 saturated carbocycles. The van der Waals surface area contributed by atoms with Crippen LogP contribution in [-0.4, -0.2) is 11.8 Å². The highest BCUT2D eigenvalue weighted by Gasteiger charge is 2.16. The van der Waals surface area contributed by atoms with Crippen LogP contribution in [0, 0.1) is 3.57 Å². The van der Waals surface area contributed by atoms with E-state index in [4.69, 9.17) is 0 Å². The van der Waals surface area contributed by atoms with Crippen LogP contribution in [0.2, 0.25) is 0 Å². The van der Waals surface area contributed by atoms with E-state index in [9.17, 15) is 9.59 Å². The fraction of sp³-hybridized carbons (Fsp3) is 0.125. The van der Waals surface area contributed by atoms with Gasteiger partial charge in [-0.15, -0.1) is 0 Å². The van der Waals surface area contributed by atoms with Crippen molar-refractivity contribution in [1.29, 1.82) is 0 Å². The van der Waals surface area contributed by atoms with Gasteiger partial charge >= 0.3 is 0 Å². The third kappa shape index (κ3) is 3.07. The number of benzene rings is 2. The second kappa shape index (κ2) is 5.85. The Hall–Kier alpha value is -1.89. The summed E-state index contributed by atoms with van der Waals surface area (Å²) in [6, 6.07) is 13.0. The van der Waals surface area contributed by atoms with E-state index >= 15 is 0 Å². The third-order valence-electron chi connectivity index (χ3n) is 3.38. The number of rotatable bonds is 2. The van der Waals surface area contributed by atoms with E-state index in [2.05, 4.69) is 33.2 Å². The SMILES string of the molecule is O=C1CCc2cc(NC(=O)c3ccccc3I)ccc2N1. The molecular weight excluding hydrogens is 379 g/mol. The van der Waals surface area contributed by atoms with Crippen molar-refractivity contribution < 1.29 is 9.59 Å². The van der Waals surface area contributed by atoms with Gasteiger partial charge in [0.15, 0.2) is 0 Å². The average molecular weight is 392 g/mol. The molecule has 0 unspecified atom stereocenters. The zero-order valence-corrected chi connectivity index (χ0v) is 13.3. The Kier molecular flexibility index (Phi) is 3.92. The predicted octanol–water partition coefficient (Wildman–Crippen LogP) is 3.43. The number of aryl methyl sites for hydroxylation is 1. The number of carbonyl (C=O) groups is 2. The molecule has 0 aromatic heterocycles. The number of amides is 2. The van der Waals surface area contributed by atoms with Crippen LogP contribution in [0.5, 0.6) is 0 Å². The van der Waals surface area contributed by atoms with Crippen molar-refractivity contribution in [2.75, 3.05) is 10.6 Å². The highest BCUT2D eigenvalue weighted by atomic mass is 127. The van der Waals surface area contributed by atoms with E-state index in [0.29, 0.717) is 18.4 Å². The molecule has 2 aromatic rings. The summed E-state index contributed by atoms with van der Waals surface area (Å²) >= 11 is 2.15. The predicted molar refractivity (Wildman–Crippen MR) is 90.5 cm³/mol. The van der Waals surface area contributed by atoms with Crippen LogP contribution >= 0.6 is 22.6 Å². The molecule has 0 radical (unpaired) electrons. The monoisotopic (exact) mass is 392 g/mol. The smallest absolute Gasteiger partial charge is 0.256 e. The van der Waals surface area contributed by atoms with Gasteiger partial charge in [-0.05, 0) is 64.9 Å². The van der Waals surface area contributed by atoms with Crippen molar-refractivity contribution in [3.05, 3.63) is 57.2 Å². The van der Waals surface area contributed by atoms with Gasteiger partial charge in [0.25, 0.3) is 5.91 Å². The van der Waals surface area contributed by atoms with Crippen molar-refractivity contribution in [2.45, 2.75) is 12.8 Å². The molecule has 0 spiro atoms. The van der Waals surface area contributed by atoms with Gasteiger partial charge in [-0.2, -0.15) is 0 Å². The Morgan fingerprint density at radius 3 is 2.76 bits per heavy atom. The lowest BCUT2D eigenvalue weighted by atomic mass is 10.0. The zero-order valence-electron chi connectivity index (χ0n) is 11.2. The van der Waals surface area contributed by atoms with E-state index in [1.54, 1.807) is 12.1 Å². The zero-order chi connectivity index (χ0) is 14.8. The first-order valence-corrected chi connectivity index (χ1v) is 7.70. The Morgan fingerprint density at radius 2 is 1.95 bits per heavy atom. The fourth-order valence-corrected chi connectivity index (χ4v) is 2.94. The molecule has 0 saturated heterocycles. The topological polar surface area (TPSA) is 58.2 Å². The maximum absolute atomic E-state index is 12.3. The van der Waals surface area contributed by atoms with Crippen LogP contribution in [0.3, 0.4) is 0 Å². The maximum Gasteiger partial charge on any atom is 0.256 e. The van der Waals surface area contributed by atoms with Gasteiger partial charge in [-0.3, -0.25) is 9.59 Å². The van der Waals surface area contributed by atoms with Gasteiger partial charge < -0.3 is 10.6 Å². The Labute approximate surface area is 136 Å². The molecule has 2 N–H and O–H groups in total. The number of carbonyl (C=O) groups excluding carboxylic acids is 2. The van der Waals surface area contributed by atoms with Crippen molar-refractivity contribution >= 4 is 45.8 Å². The number of nitrogens with one attached hydrogen (secondary N) is 2. The first-order chi connectivity index (χ1) is 10.1. The molecule has 4 nitrogen and oxygen atoms in total. The Bertz CT molecular complexity index is 728. The van der Waals surface area contributed by atoms with E-state index in [1.807, 2.05) is 30.3 Å². The lowest BCUT2D eigenvalue weighted by Crippen LogP contribution is -2.19. The number of fused-ring (bicyclic) bond motifs is 1. The van der Waals surface area contributed by atoms with Gasteiger partial charge in [-0.25, -0.2) is 0 Å². The molecule has 3 rings (SSSR count). The summed E-state index contributed by atoms with van der Waals surface area (Å²) in [7, 11) is 0.